The lowest BCUT2D eigenvalue weighted by molar-refractivity contribution is 0.236. The summed E-state index contributed by atoms with van der Waals surface area (Å²) < 4.78 is 0. The summed E-state index contributed by atoms with van der Waals surface area (Å²) in [5.41, 5.74) is 0. The number of unbranched alkanes of at least 4 members (excludes halogenated alkanes) is 1. The van der Waals surface area contributed by atoms with Gasteiger partial charge in [-0.2, -0.15) is 0 Å². The van der Waals surface area contributed by atoms with Crippen LogP contribution in [-0.2, 0) is 0 Å². The minimum absolute atomic E-state index is 0.749. The van der Waals surface area contributed by atoms with Gasteiger partial charge in [0.25, 0.3) is 0 Å². The number of hydrogen-bond acceptors (Lipinski definition) is 1. The zero-order valence-corrected chi connectivity index (χ0v) is 11.3. The van der Waals surface area contributed by atoms with Gasteiger partial charge in [0.1, 0.15) is 0 Å². The van der Waals surface area contributed by atoms with E-state index in [1.54, 1.807) is 0 Å². The second-order valence-corrected chi connectivity index (χ2v) is 6.00. The zero-order chi connectivity index (χ0) is 12.1. The van der Waals surface area contributed by atoms with Gasteiger partial charge < -0.3 is 5.32 Å². The first-order valence-corrected chi connectivity index (χ1v) is 7.52. The van der Waals surface area contributed by atoms with E-state index in [1.165, 1.54) is 51.5 Å². The van der Waals surface area contributed by atoms with Gasteiger partial charge in [0.2, 0.25) is 0 Å². The van der Waals surface area contributed by atoms with Gasteiger partial charge in [-0.25, -0.2) is 0 Å². The van der Waals surface area contributed by atoms with Crippen molar-refractivity contribution in [2.45, 2.75) is 64.3 Å². The van der Waals surface area contributed by atoms with Crippen molar-refractivity contribution in [2.75, 3.05) is 6.54 Å². The summed E-state index contributed by atoms with van der Waals surface area (Å²) in [5.74, 6) is 5.82. The Kier molecular flexibility index (Phi) is 4.92. The average molecular weight is 233 g/mol. The molecule has 2 bridgehead atoms. The predicted octanol–water partition coefficient (Wildman–Crippen LogP) is 3.59. The maximum absolute atomic E-state index is 5.36. The second kappa shape index (κ2) is 6.45. The molecule has 0 aromatic carbocycles. The van der Waals surface area contributed by atoms with E-state index < -0.39 is 0 Å². The quantitative estimate of drug-likeness (QED) is 0.523. The van der Waals surface area contributed by atoms with Crippen LogP contribution in [0.1, 0.15) is 58.3 Å². The van der Waals surface area contributed by atoms with Crippen molar-refractivity contribution < 1.29 is 0 Å². The highest BCUT2D eigenvalue weighted by Crippen LogP contribution is 2.50. The first kappa shape index (κ1) is 13.0. The summed E-state index contributed by atoms with van der Waals surface area (Å²) in [6.45, 7) is 3.43. The van der Waals surface area contributed by atoms with Crippen LogP contribution in [-0.4, -0.2) is 12.6 Å². The minimum Gasteiger partial charge on any atom is -0.314 e. The molecule has 2 aliphatic carbocycles. The lowest BCUT2D eigenvalue weighted by Crippen LogP contribution is -2.39. The fourth-order valence-electron chi connectivity index (χ4n) is 4.01. The average Bonchev–Trinajstić information content (AvgIpc) is 2.95. The molecule has 0 heterocycles. The van der Waals surface area contributed by atoms with E-state index in [9.17, 15) is 0 Å². The molecule has 1 nitrogen and oxygen atoms in total. The molecule has 0 amide bonds. The summed E-state index contributed by atoms with van der Waals surface area (Å²) in [6, 6.07) is 0.749. The SMILES string of the molecule is C#CCCCC(NCCC)C1CC2CCC1C2. The third-order valence-corrected chi connectivity index (χ3v) is 4.80. The largest absolute Gasteiger partial charge is 0.314 e. The minimum atomic E-state index is 0.749. The van der Waals surface area contributed by atoms with E-state index in [4.69, 9.17) is 6.42 Å². The molecule has 0 aromatic heterocycles. The smallest absolute Gasteiger partial charge is 0.00984 e. The Morgan fingerprint density at radius 1 is 1.35 bits per heavy atom. The maximum Gasteiger partial charge on any atom is 0.00984 e. The molecule has 0 aromatic rings. The molecule has 4 unspecified atom stereocenters. The Hall–Kier alpha value is -0.480. The van der Waals surface area contributed by atoms with E-state index in [1.807, 2.05) is 0 Å². The Labute approximate surface area is 107 Å². The van der Waals surface area contributed by atoms with Gasteiger partial charge in [-0.1, -0.05) is 13.3 Å². The first-order chi connectivity index (χ1) is 8.35. The van der Waals surface area contributed by atoms with E-state index in [0.29, 0.717) is 0 Å². The predicted molar refractivity (Wildman–Crippen MR) is 73.7 cm³/mol. The summed E-state index contributed by atoms with van der Waals surface area (Å²) in [5, 5.41) is 3.79. The van der Waals surface area contributed by atoms with E-state index >= 15 is 0 Å². The third-order valence-electron chi connectivity index (χ3n) is 4.80. The van der Waals surface area contributed by atoms with E-state index in [-0.39, 0.29) is 0 Å². The number of terminal acetylenes is 1. The summed E-state index contributed by atoms with van der Waals surface area (Å²) >= 11 is 0. The molecule has 2 saturated carbocycles. The van der Waals surface area contributed by atoms with Crippen molar-refractivity contribution >= 4 is 0 Å². The number of rotatable bonds is 7. The van der Waals surface area contributed by atoms with Gasteiger partial charge >= 0.3 is 0 Å². The Morgan fingerprint density at radius 3 is 2.82 bits per heavy atom. The molecular weight excluding hydrogens is 206 g/mol. The van der Waals surface area contributed by atoms with Gasteiger partial charge in [0, 0.05) is 12.5 Å². The van der Waals surface area contributed by atoms with Crippen LogP contribution in [0.25, 0.3) is 0 Å². The second-order valence-electron chi connectivity index (χ2n) is 6.00. The molecule has 0 aliphatic heterocycles. The van der Waals surface area contributed by atoms with Crippen LogP contribution in [0, 0.1) is 30.1 Å². The lowest BCUT2D eigenvalue weighted by atomic mass is 9.81. The summed E-state index contributed by atoms with van der Waals surface area (Å²) in [6.07, 6.45) is 16.0. The maximum atomic E-state index is 5.36. The standard InChI is InChI=1S/C16H27N/c1-3-5-6-7-16(17-10-4-2)15-12-13-8-9-14(15)11-13/h1,13-17H,4-12H2,2H3. The number of hydrogen-bond donors (Lipinski definition) is 1. The molecule has 0 saturated heterocycles. The molecule has 2 fully saturated rings. The highest BCUT2D eigenvalue weighted by Gasteiger charge is 2.42. The van der Waals surface area contributed by atoms with Crippen molar-refractivity contribution in [1.29, 1.82) is 0 Å². The van der Waals surface area contributed by atoms with Crippen LogP contribution >= 0.6 is 0 Å². The Balaban J connectivity index is 1.83. The molecule has 0 spiro atoms. The fraction of sp³-hybridized carbons (Fsp3) is 0.875. The number of fused-ring (bicyclic) bond motifs is 2. The zero-order valence-electron chi connectivity index (χ0n) is 11.3. The third kappa shape index (κ3) is 3.26. The molecule has 2 aliphatic rings. The Bertz CT molecular complexity index is 265. The summed E-state index contributed by atoms with van der Waals surface area (Å²) in [4.78, 5) is 0. The van der Waals surface area contributed by atoms with Crippen LogP contribution in [0.2, 0.25) is 0 Å². The molecule has 17 heavy (non-hydrogen) atoms. The van der Waals surface area contributed by atoms with Crippen LogP contribution in [0.3, 0.4) is 0 Å². The fourth-order valence-corrected chi connectivity index (χ4v) is 4.01. The molecule has 1 N–H and O–H groups in total. The molecule has 0 radical (unpaired) electrons. The summed E-state index contributed by atoms with van der Waals surface area (Å²) in [7, 11) is 0. The lowest BCUT2D eigenvalue weighted by Gasteiger charge is -2.31. The van der Waals surface area contributed by atoms with Crippen molar-refractivity contribution in [2.24, 2.45) is 17.8 Å². The molecule has 2 rings (SSSR count). The normalized spacial score (nSPS) is 32.6. The first-order valence-electron chi connectivity index (χ1n) is 7.52. The number of nitrogens with one attached hydrogen (secondary N) is 1. The molecule has 1 heteroatoms. The topological polar surface area (TPSA) is 12.0 Å². The van der Waals surface area contributed by atoms with Crippen molar-refractivity contribution in [3.8, 4) is 12.3 Å². The Morgan fingerprint density at radius 2 is 2.24 bits per heavy atom. The van der Waals surface area contributed by atoms with Gasteiger partial charge in [0.05, 0.1) is 0 Å². The van der Waals surface area contributed by atoms with Crippen molar-refractivity contribution in [3.05, 3.63) is 0 Å². The highest BCUT2D eigenvalue weighted by atomic mass is 14.9. The highest BCUT2D eigenvalue weighted by molar-refractivity contribution is 4.95. The van der Waals surface area contributed by atoms with Gasteiger partial charge in [-0.3, -0.25) is 0 Å². The molecular formula is C16H27N. The molecule has 96 valence electrons. The van der Waals surface area contributed by atoms with Gasteiger partial charge in [0.15, 0.2) is 0 Å². The molecule has 4 atom stereocenters. The van der Waals surface area contributed by atoms with Gasteiger partial charge in [-0.05, 0) is 62.8 Å². The van der Waals surface area contributed by atoms with Crippen LogP contribution < -0.4 is 5.32 Å². The monoisotopic (exact) mass is 233 g/mol. The van der Waals surface area contributed by atoms with E-state index in [2.05, 4.69) is 18.2 Å². The van der Waals surface area contributed by atoms with Crippen LogP contribution in [0.5, 0.6) is 0 Å². The van der Waals surface area contributed by atoms with Gasteiger partial charge in [-0.15, -0.1) is 12.3 Å². The van der Waals surface area contributed by atoms with Crippen molar-refractivity contribution in [3.63, 3.8) is 0 Å². The van der Waals surface area contributed by atoms with Crippen molar-refractivity contribution in [1.82, 2.24) is 5.32 Å². The van der Waals surface area contributed by atoms with E-state index in [0.717, 1.165) is 30.2 Å². The van der Waals surface area contributed by atoms with Crippen LogP contribution in [0.15, 0.2) is 0 Å². The van der Waals surface area contributed by atoms with Crippen LogP contribution in [0.4, 0.5) is 0 Å².